The molecule has 4 atom stereocenters. The Bertz CT molecular complexity index is 1730. The molecule has 0 amide bonds. The maximum atomic E-state index is 15.6. The summed E-state index contributed by atoms with van der Waals surface area (Å²) in [5.74, 6) is -1.28. The normalized spacial score (nSPS) is 16.9. The van der Waals surface area contributed by atoms with Crippen LogP contribution in [0.4, 0.5) is 8.78 Å². The van der Waals surface area contributed by atoms with E-state index in [-0.39, 0.29) is 36.1 Å². The second kappa shape index (κ2) is 13.4. The minimum absolute atomic E-state index is 0.000643. The van der Waals surface area contributed by atoms with E-state index in [2.05, 4.69) is 10.3 Å². The number of pyridine rings is 1. The van der Waals surface area contributed by atoms with Crippen molar-refractivity contribution in [2.24, 2.45) is 0 Å². The van der Waals surface area contributed by atoms with Gasteiger partial charge in [-0.3, -0.25) is 15.1 Å². The standard InChI is InChI=1S/C33H28ClF2N3O5/c1-18(40)31(33(41)42)39-16-21-10-26(34)30(12-29(21)43-17-20-9-19(13-37)14-38-15-20)44-32-24-7-4-6-22(25(24)11-28(32)36)23-5-2-3-8-27(23)35/h2-10,12,14-15,18,28,31-32,39-40H,11,16-17H2,1H3,(H,41,42)/t18-,28-,31+,32-/m1/s1. The number of aromatic nitrogens is 1. The number of aliphatic hydroxyl groups excluding tert-OH is 1. The summed E-state index contributed by atoms with van der Waals surface area (Å²) in [4.78, 5) is 15.6. The maximum Gasteiger partial charge on any atom is 0.323 e. The number of carboxylic acids is 1. The number of aliphatic carboxylic acids is 1. The van der Waals surface area contributed by atoms with E-state index >= 15 is 4.39 Å². The van der Waals surface area contributed by atoms with Gasteiger partial charge in [0, 0.05) is 48.1 Å². The Balaban J connectivity index is 1.46. The van der Waals surface area contributed by atoms with Gasteiger partial charge in [0.15, 0.2) is 6.10 Å². The molecule has 3 N–H and O–H groups in total. The lowest BCUT2D eigenvalue weighted by molar-refractivity contribution is -0.142. The first-order chi connectivity index (χ1) is 21.2. The zero-order valence-electron chi connectivity index (χ0n) is 23.5. The number of halogens is 3. The van der Waals surface area contributed by atoms with E-state index < -0.39 is 36.2 Å². The molecule has 0 unspecified atom stereocenters. The molecule has 0 fully saturated rings. The number of rotatable bonds is 11. The van der Waals surface area contributed by atoms with Gasteiger partial charge in [0.25, 0.3) is 0 Å². The van der Waals surface area contributed by atoms with Gasteiger partial charge in [-0.15, -0.1) is 0 Å². The molecule has 0 saturated heterocycles. The first-order valence-corrected chi connectivity index (χ1v) is 14.1. The van der Waals surface area contributed by atoms with Gasteiger partial charge >= 0.3 is 5.97 Å². The summed E-state index contributed by atoms with van der Waals surface area (Å²) in [7, 11) is 0. The van der Waals surface area contributed by atoms with Gasteiger partial charge in [-0.25, -0.2) is 8.78 Å². The third kappa shape index (κ3) is 6.65. The monoisotopic (exact) mass is 619 g/mol. The second-order valence-corrected chi connectivity index (χ2v) is 10.8. The Kier molecular flexibility index (Phi) is 9.40. The number of nitrogens with zero attached hydrogens (tertiary/aromatic N) is 2. The number of aliphatic hydroxyl groups is 1. The molecule has 0 radical (unpaired) electrons. The number of alkyl halides is 1. The Labute approximate surface area is 257 Å². The van der Waals surface area contributed by atoms with Crippen LogP contribution in [-0.2, 0) is 24.4 Å². The highest BCUT2D eigenvalue weighted by Gasteiger charge is 2.37. The van der Waals surface area contributed by atoms with E-state index in [1.165, 1.54) is 37.5 Å². The van der Waals surface area contributed by atoms with Crippen LogP contribution in [0.15, 0.2) is 73.1 Å². The molecule has 1 heterocycles. The molecule has 1 aliphatic rings. The van der Waals surface area contributed by atoms with Crippen LogP contribution in [0.3, 0.4) is 0 Å². The lowest BCUT2D eigenvalue weighted by Crippen LogP contribution is -2.44. The maximum absolute atomic E-state index is 15.6. The average Bonchev–Trinajstić information content (AvgIpc) is 3.32. The molecule has 0 aliphatic heterocycles. The number of carboxylic acid groups (broad SMARTS) is 1. The van der Waals surface area contributed by atoms with Crippen LogP contribution in [0.1, 0.15) is 40.8 Å². The summed E-state index contributed by atoms with van der Waals surface area (Å²) in [6.07, 6.45) is -0.689. The van der Waals surface area contributed by atoms with E-state index in [0.29, 0.717) is 38.9 Å². The van der Waals surface area contributed by atoms with E-state index in [1.807, 2.05) is 6.07 Å². The molecule has 0 spiro atoms. The van der Waals surface area contributed by atoms with Crippen molar-refractivity contribution < 1.29 is 33.3 Å². The van der Waals surface area contributed by atoms with Crippen molar-refractivity contribution >= 4 is 17.6 Å². The largest absolute Gasteiger partial charge is 0.488 e. The van der Waals surface area contributed by atoms with Crippen LogP contribution in [0.5, 0.6) is 11.5 Å². The fourth-order valence-electron chi connectivity index (χ4n) is 5.21. The van der Waals surface area contributed by atoms with Gasteiger partial charge in [0.2, 0.25) is 0 Å². The van der Waals surface area contributed by atoms with Crippen LogP contribution >= 0.6 is 11.6 Å². The fraction of sp³-hybridized carbons (Fsp3) is 0.242. The molecule has 226 valence electrons. The van der Waals surface area contributed by atoms with E-state index in [0.717, 1.165) is 0 Å². The van der Waals surface area contributed by atoms with Gasteiger partial charge in [-0.2, -0.15) is 5.26 Å². The summed E-state index contributed by atoms with van der Waals surface area (Å²) in [6.45, 7) is 1.31. The molecule has 3 aromatic carbocycles. The third-order valence-corrected chi connectivity index (χ3v) is 7.65. The van der Waals surface area contributed by atoms with Crippen molar-refractivity contribution in [2.45, 2.75) is 50.9 Å². The molecule has 1 aromatic heterocycles. The lowest BCUT2D eigenvalue weighted by Gasteiger charge is -2.22. The SMILES string of the molecule is C[C@@H](O)[C@H](NCc1cc(Cl)c(O[C@@H]2c3cccc(-c4ccccc4F)c3C[C@H]2F)cc1OCc1cncc(C#N)c1)C(=O)O. The molecule has 0 bridgehead atoms. The predicted molar refractivity (Wildman–Crippen MR) is 158 cm³/mol. The van der Waals surface area contributed by atoms with Crippen LogP contribution in [0, 0.1) is 17.1 Å². The highest BCUT2D eigenvalue weighted by atomic mass is 35.5. The van der Waals surface area contributed by atoms with E-state index in [4.69, 9.17) is 21.1 Å². The van der Waals surface area contributed by atoms with Crippen molar-refractivity contribution in [1.29, 1.82) is 5.26 Å². The summed E-state index contributed by atoms with van der Waals surface area (Å²) in [5.41, 5.74) is 3.57. The molecular weight excluding hydrogens is 592 g/mol. The van der Waals surface area contributed by atoms with Gasteiger partial charge in [-0.05, 0) is 41.8 Å². The Morgan fingerprint density at radius 2 is 1.93 bits per heavy atom. The highest BCUT2D eigenvalue weighted by Crippen LogP contribution is 2.44. The first kappa shape index (κ1) is 30.9. The topological polar surface area (TPSA) is 125 Å². The third-order valence-electron chi connectivity index (χ3n) is 7.36. The minimum Gasteiger partial charge on any atom is -0.488 e. The van der Waals surface area contributed by atoms with Crippen molar-refractivity contribution in [3.8, 4) is 28.7 Å². The Morgan fingerprint density at radius 1 is 1.16 bits per heavy atom. The van der Waals surface area contributed by atoms with Gasteiger partial charge < -0.3 is 19.7 Å². The van der Waals surface area contributed by atoms with Crippen LogP contribution in [-0.4, -0.2) is 39.5 Å². The highest BCUT2D eigenvalue weighted by molar-refractivity contribution is 6.32. The fourth-order valence-corrected chi connectivity index (χ4v) is 5.44. The number of nitriles is 1. The number of fused-ring (bicyclic) bond motifs is 1. The first-order valence-electron chi connectivity index (χ1n) is 13.8. The summed E-state index contributed by atoms with van der Waals surface area (Å²) in [6, 6.07) is 16.9. The molecule has 0 saturated carbocycles. The molecular formula is C33H28ClF2N3O5. The second-order valence-electron chi connectivity index (χ2n) is 10.4. The molecule has 4 aromatic rings. The molecule has 1 aliphatic carbocycles. The molecule has 11 heteroatoms. The predicted octanol–water partition coefficient (Wildman–Crippen LogP) is 5.93. The number of ether oxygens (including phenoxy) is 2. The number of carbonyl (C=O) groups is 1. The Morgan fingerprint density at radius 3 is 2.66 bits per heavy atom. The van der Waals surface area contributed by atoms with E-state index in [9.17, 15) is 24.7 Å². The number of hydrogen-bond donors (Lipinski definition) is 3. The van der Waals surface area contributed by atoms with Crippen molar-refractivity contribution in [3.63, 3.8) is 0 Å². The average molecular weight is 620 g/mol. The van der Waals surface area contributed by atoms with Crippen molar-refractivity contribution in [2.75, 3.05) is 0 Å². The number of nitrogens with one attached hydrogen (secondary N) is 1. The summed E-state index contributed by atoms with van der Waals surface area (Å²) >= 11 is 6.61. The van der Waals surface area contributed by atoms with Gasteiger partial charge in [-0.1, -0.05) is 48.0 Å². The number of hydrogen-bond acceptors (Lipinski definition) is 7. The quantitative estimate of drug-likeness (QED) is 0.189. The summed E-state index contributed by atoms with van der Waals surface area (Å²) < 4.78 is 42.4. The lowest BCUT2D eigenvalue weighted by atomic mass is 9.96. The van der Waals surface area contributed by atoms with Gasteiger partial charge in [0.1, 0.15) is 42.2 Å². The zero-order valence-corrected chi connectivity index (χ0v) is 24.3. The number of benzene rings is 3. The van der Waals surface area contributed by atoms with Crippen LogP contribution < -0.4 is 14.8 Å². The minimum atomic E-state index is -1.44. The van der Waals surface area contributed by atoms with Crippen LogP contribution in [0.25, 0.3) is 11.1 Å². The Hall–Kier alpha value is -4.56. The molecule has 5 rings (SSSR count). The molecule has 8 nitrogen and oxygen atoms in total. The van der Waals surface area contributed by atoms with Crippen molar-refractivity contribution in [3.05, 3.63) is 112 Å². The van der Waals surface area contributed by atoms with Gasteiger partial charge in [0.05, 0.1) is 16.7 Å². The summed E-state index contributed by atoms with van der Waals surface area (Å²) in [5, 5.41) is 31.5. The van der Waals surface area contributed by atoms with E-state index in [1.54, 1.807) is 42.5 Å². The molecule has 44 heavy (non-hydrogen) atoms. The zero-order chi connectivity index (χ0) is 31.4. The van der Waals surface area contributed by atoms with Crippen LogP contribution in [0.2, 0.25) is 5.02 Å². The van der Waals surface area contributed by atoms with Crippen molar-refractivity contribution in [1.82, 2.24) is 10.3 Å². The smallest absolute Gasteiger partial charge is 0.323 e.